The number of hydrogen-bond donors (Lipinski definition) is 1. The number of hydrogen-bond acceptors (Lipinski definition) is 6. The monoisotopic (exact) mass is 408 g/mol. The van der Waals surface area contributed by atoms with Crippen molar-refractivity contribution in [1.29, 1.82) is 0 Å². The molecule has 0 aromatic carbocycles. The van der Waals surface area contributed by atoms with Gasteiger partial charge in [0.05, 0.1) is 11.8 Å². The van der Waals surface area contributed by atoms with Crippen LogP contribution in [0.3, 0.4) is 0 Å². The second-order valence-corrected chi connectivity index (χ2v) is 8.21. The van der Waals surface area contributed by atoms with Crippen LogP contribution in [0, 0.1) is 6.92 Å². The number of nitrogens with one attached hydrogen (secondary N) is 1. The Balaban J connectivity index is 1.52. The zero-order valence-corrected chi connectivity index (χ0v) is 17.8. The highest BCUT2D eigenvalue weighted by molar-refractivity contribution is 5.87. The molecule has 1 aliphatic carbocycles. The molecule has 1 saturated carbocycles. The van der Waals surface area contributed by atoms with Crippen LogP contribution >= 0.6 is 0 Å². The summed E-state index contributed by atoms with van der Waals surface area (Å²) in [7, 11) is 0. The van der Waals surface area contributed by atoms with Gasteiger partial charge in [0, 0.05) is 43.8 Å². The van der Waals surface area contributed by atoms with E-state index in [4.69, 9.17) is 4.98 Å². The van der Waals surface area contributed by atoms with Crippen molar-refractivity contribution in [3.05, 3.63) is 18.2 Å². The van der Waals surface area contributed by atoms with Crippen LogP contribution in [0.25, 0.3) is 22.6 Å². The Labute approximate surface area is 175 Å². The van der Waals surface area contributed by atoms with Crippen LogP contribution in [0.2, 0.25) is 0 Å². The molecule has 1 aliphatic heterocycles. The molecule has 1 amide bonds. The maximum atomic E-state index is 12.0. The van der Waals surface area contributed by atoms with Crippen molar-refractivity contribution < 1.29 is 4.79 Å². The number of amides is 1. The first-order valence-electron chi connectivity index (χ1n) is 10.9. The third kappa shape index (κ3) is 3.12. The molecule has 3 aromatic rings. The lowest BCUT2D eigenvalue weighted by atomic mass is 10.2. The van der Waals surface area contributed by atoms with Crippen LogP contribution in [0.5, 0.6) is 0 Å². The molecule has 1 atom stereocenters. The topological polar surface area (TPSA) is 93.8 Å². The average Bonchev–Trinajstić information content (AvgIpc) is 3.19. The minimum Gasteiger partial charge on any atom is -0.364 e. The van der Waals surface area contributed by atoms with E-state index in [2.05, 4.69) is 38.8 Å². The van der Waals surface area contributed by atoms with Gasteiger partial charge < -0.3 is 14.8 Å². The SMILES string of the molecule is CCC(=O)N1CC[C@H](Nc2ncnc3c2nc(-c2cnn(CC)c2C)n3C2CC2)C1. The predicted molar refractivity (Wildman–Crippen MR) is 114 cm³/mol. The smallest absolute Gasteiger partial charge is 0.222 e. The third-order valence-electron chi connectivity index (χ3n) is 6.22. The summed E-state index contributed by atoms with van der Waals surface area (Å²) >= 11 is 0. The van der Waals surface area contributed by atoms with Crippen molar-refractivity contribution in [3.63, 3.8) is 0 Å². The maximum absolute atomic E-state index is 12.0. The fourth-order valence-corrected chi connectivity index (χ4v) is 4.39. The van der Waals surface area contributed by atoms with E-state index in [0.29, 0.717) is 19.0 Å². The predicted octanol–water partition coefficient (Wildman–Crippen LogP) is 2.78. The molecule has 2 fully saturated rings. The molecule has 0 spiro atoms. The van der Waals surface area contributed by atoms with Crippen molar-refractivity contribution in [2.24, 2.45) is 0 Å². The molecule has 0 radical (unpaired) electrons. The van der Waals surface area contributed by atoms with Crippen molar-refractivity contribution >= 4 is 22.9 Å². The zero-order valence-electron chi connectivity index (χ0n) is 17.8. The molecule has 158 valence electrons. The number of rotatable bonds is 6. The van der Waals surface area contributed by atoms with Gasteiger partial charge in [-0.3, -0.25) is 9.48 Å². The fraction of sp³-hybridized carbons (Fsp3) is 0.571. The zero-order chi connectivity index (χ0) is 20.8. The molecule has 9 nitrogen and oxygen atoms in total. The van der Waals surface area contributed by atoms with Gasteiger partial charge in [0.1, 0.15) is 12.2 Å². The van der Waals surface area contributed by atoms with E-state index in [1.165, 1.54) is 0 Å². The van der Waals surface area contributed by atoms with Gasteiger partial charge in [0.2, 0.25) is 5.91 Å². The molecule has 3 aromatic heterocycles. The highest BCUT2D eigenvalue weighted by Gasteiger charge is 2.32. The first-order valence-corrected chi connectivity index (χ1v) is 10.9. The van der Waals surface area contributed by atoms with Crippen molar-refractivity contribution in [1.82, 2.24) is 34.2 Å². The van der Waals surface area contributed by atoms with Crippen molar-refractivity contribution in [3.8, 4) is 11.4 Å². The molecular weight excluding hydrogens is 380 g/mol. The van der Waals surface area contributed by atoms with Crippen LogP contribution < -0.4 is 5.32 Å². The molecule has 1 N–H and O–H groups in total. The second kappa shape index (κ2) is 7.37. The minimum absolute atomic E-state index is 0.178. The quantitative estimate of drug-likeness (QED) is 0.674. The maximum Gasteiger partial charge on any atom is 0.222 e. The Morgan fingerprint density at radius 3 is 2.77 bits per heavy atom. The molecule has 0 bridgehead atoms. The highest BCUT2D eigenvalue weighted by atomic mass is 16.2. The lowest BCUT2D eigenvalue weighted by molar-refractivity contribution is -0.129. The average molecular weight is 409 g/mol. The van der Waals surface area contributed by atoms with Gasteiger partial charge >= 0.3 is 0 Å². The summed E-state index contributed by atoms with van der Waals surface area (Å²) in [5.41, 5.74) is 3.83. The fourth-order valence-electron chi connectivity index (χ4n) is 4.39. The van der Waals surface area contributed by atoms with Gasteiger partial charge in [-0.25, -0.2) is 15.0 Å². The molecule has 0 unspecified atom stereocenters. The highest BCUT2D eigenvalue weighted by Crippen LogP contribution is 2.42. The summed E-state index contributed by atoms with van der Waals surface area (Å²) in [6.07, 6.45) is 7.26. The summed E-state index contributed by atoms with van der Waals surface area (Å²) in [6, 6.07) is 0.610. The number of likely N-dealkylation sites (tertiary alicyclic amines) is 1. The largest absolute Gasteiger partial charge is 0.364 e. The van der Waals surface area contributed by atoms with E-state index in [1.54, 1.807) is 6.33 Å². The van der Waals surface area contributed by atoms with E-state index >= 15 is 0 Å². The van der Waals surface area contributed by atoms with Crippen LogP contribution in [0.1, 0.15) is 51.3 Å². The summed E-state index contributed by atoms with van der Waals surface area (Å²) in [4.78, 5) is 28.1. The van der Waals surface area contributed by atoms with Crippen molar-refractivity contribution in [2.75, 3.05) is 18.4 Å². The molecule has 2 aliphatic rings. The van der Waals surface area contributed by atoms with E-state index < -0.39 is 0 Å². The Morgan fingerprint density at radius 2 is 2.07 bits per heavy atom. The molecule has 5 rings (SSSR count). The van der Waals surface area contributed by atoms with Gasteiger partial charge in [0.25, 0.3) is 0 Å². The van der Waals surface area contributed by atoms with Gasteiger partial charge in [-0.05, 0) is 33.1 Å². The first kappa shape index (κ1) is 19.0. The first-order chi connectivity index (χ1) is 14.6. The van der Waals surface area contributed by atoms with E-state index in [0.717, 1.165) is 66.4 Å². The Kier molecular flexibility index (Phi) is 4.67. The van der Waals surface area contributed by atoms with Crippen LogP contribution in [0.4, 0.5) is 5.82 Å². The molecular formula is C21H28N8O. The summed E-state index contributed by atoms with van der Waals surface area (Å²) < 4.78 is 4.25. The standard InChI is InChI=1S/C21H28N8O/c1-4-17(30)27-9-8-14(11-27)25-19-18-21(23-12-22-19)29(15-6-7-15)20(26-18)16-10-24-28(5-2)13(16)3/h10,12,14-15H,4-9,11H2,1-3H3,(H,22,23,25)/t14-/m0/s1. The number of aromatic nitrogens is 6. The van der Waals surface area contributed by atoms with E-state index in [9.17, 15) is 4.79 Å². The number of aryl methyl sites for hydroxylation is 1. The Hall–Kier alpha value is -2.97. The second-order valence-electron chi connectivity index (χ2n) is 8.21. The number of nitrogens with zero attached hydrogens (tertiary/aromatic N) is 7. The molecule has 30 heavy (non-hydrogen) atoms. The van der Waals surface area contributed by atoms with E-state index in [1.807, 2.05) is 22.7 Å². The normalized spacial score (nSPS) is 19.0. The van der Waals surface area contributed by atoms with Gasteiger partial charge in [0.15, 0.2) is 17.0 Å². The third-order valence-corrected chi connectivity index (χ3v) is 6.22. The lowest BCUT2D eigenvalue weighted by Crippen LogP contribution is -2.31. The molecule has 4 heterocycles. The van der Waals surface area contributed by atoms with E-state index in [-0.39, 0.29) is 11.9 Å². The number of fused-ring (bicyclic) bond motifs is 1. The number of anilines is 1. The van der Waals surface area contributed by atoms with Crippen LogP contribution in [-0.4, -0.2) is 59.2 Å². The number of imidazole rings is 1. The Morgan fingerprint density at radius 1 is 1.23 bits per heavy atom. The Bertz CT molecular complexity index is 1100. The summed E-state index contributed by atoms with van der Waals surface area (Å²) in [5.74, 6) is 1.87. The van der Waals surface area contributed by atoms with Crippen LogP contribution in [0.15, 0.2) is 12.5 Å². The van der Waals surface area contributed by atoms with Gasteiger partial charge in [-0.1, -0.05) is 6.92 Å². The number of carbonyl (C=O) groups excluding carboxylic acids is 1. The lowest BCUT2D eigenvalue weighted by Gasteiger charge is -2.16. The summed E-state index contributed by atoms with van der Waals surface area (Å²) in [5, 5.41) is 8.05. The number of carbonyl (C=O) groups is 1. The van der Waals surface area contributed by atoms with Gasteiger partial charge in [-0.2, -0.15) is 5.10 Å². The van der Waals surface area contributed by atoms with Crippen molar-refractivity contribution in [2.45, 2.75) is 65.1 Å². The van der Waals surface area contributed by atoms with Crippen LogP contribution in [-0.2, 0) is 11.3 Å². The minimum atomic E-state index is 0.178. The van der Waals surface area contributed by atoms with Gasteiger partial charge in [-0.15, -0.1) is 0 Å². The molecule has 9 heteroatoms. The summed E-state index contributed by atoms with van der Waals surface area (Å²) in [6.45, 7) is 8.41. The molecule has 1 saturated heterocycles.